The van der Waals surface area contributed by atoms with Crippen molar-refractivity contribution < 1.29 is 4.43 Å². The normalized spacial score (nSPS) is 29.1. The summed E-state index contributed by atoms with van der Waals surface area (Å²) in [7, 11) is -1.66. The second-order valence-electron chi connectivity index (χ2n) is 7.19. The van der Waals surface area contributed by atoms with E-state index in [0.29, 0.717) is 5.92 Å². The molecule has 0 bridgehead atoms. The molecule has 18 heavy (non-hydrogen) atoms. The van der Waals surface area contributed by atoms with E-state index in [1.165, 1.54) is 5.01 Å². The van der Waals surface area contributed by atoms with E-state index in [9.17, 15) is 0 Å². The lowest BCUT2D eigenvalue weighted by atomic mass is 9.72. The molecule has 0 amide bonds. The van der Waals surface area contributed by atoms with Gasteiger partial charge in [-0.3, -0.25) is 0 Å². The van der Waals surface area contributed by atoms with Crippen molar-refractivity contribution in [3.05, 3.63) is 10.5 Å². The first-order chi connectivity index (χ1) is 8.13. The predicted octanol–water partition coefficient (Wildman–Crippen LogP) is 4.20. The molecule has 1 aliphatic carbocycles. The highest BCUT2D eigenvalue weighted by molar-refractivity contribution is 7.09. The van der Waals surface area contributed by atoms with Gasteiger partial charge in [0, 0.05) is 5.92 Å². The molecule has 3 nitrogen and oxygen atoms in total. The molecule has 0 unspecified atom stereocenters. The van der Waals surface area contributed by atoms with E-state index >= 15 is 0 Å². The third kappa shape index (κ3) is 2.68. The minimum Gasteiger partial charge on any atom is -0.412 e. The third-order valence-electron chi connectivity index (χ3n) is 4.39. The zero-order valence-corrected chi connectivity index (χ0v) is 14.1. The quantitative estimate of drug-likeness (QED) is 0.780. The van der Waals surface area contributed by atoms with E-state index in [2.05, 4.69) is 51.0 Å². The number of aromatic nitrogens is 2. The molecule has 0 aromatic carbocycles. The number of rotatable bonds is 3. The van der Waals surface area contributed by atoms with E-state index in [1.807, 2.05) is 5.51 Å². The van der Waals surface area contributed by atoms with Gasteiger partial charge in [0.25, 0.3) is 0 Å². The van der Waals surface area contributed by atoms with Gasteiger partial charge in [-0.15, -0.1) is 21.5 Å². The van der Waals surface area contributed by atoms with Gasteiger partial charge in [-0.2, -0.15) is 0 Å². The van der Waals surface area contributed by atoms with Gasteiger partial charge < -0.3 is 4.43 Å². The highest BCUT2D eigenvalue weighted by atomic mass is 32.1. The van der Waals surface area contributed by atoms with Gasteiger partial charge in [-0.25, -0.2) is 0 Å². The number of hydrogen-bond acceptors (Lipinski definition) is 4. The van der Waals surface area contributed by atoms with Crippen molar-refractivity contribution in [2.75, 3.05) is 0 Å². The molecule has 0 spiro atoms. The van der Waals surface area contributed by atoms with Gasteiger partial charge in [-0.05, 0) is 37.9 Å². The highest BCUT2D eigenvalue weighted by Crippen LogP contribution is 2.51. The van der Waals surface area contributed by atoms with Crippen LogP contribution in [0.2, 0.25) is 18.1 Å². The van der Waals surface area contributed by atoms with E-state index in [4.69, 9.17) is 4.43 Å². The smallest absolute Gasteiger partial charge is 0.192 e. The average molecular weight is 285 g/mol. The molecule has 1 fully saturated rings. The Kier molecular flexibility index (Phi) is 3.45. The van der Waals surface area contributed by atoms with Crippen molar-refractivity contribution >= 4 is 19.7 Å². The van der Waals surface area contributed by atoms with E-state index < -0.39 is 8.32 Å². The lowest BCUT2D eigenvalue weighted by molar-refractivity contribution is -0.0189. The molecule has 102 valence electrons. The van der Waals surface area contributed by atoms with Crippen LogP contribution >= 0.6 is 11.3 Å². The molecule has 1 aliphatic rings. The molecule has 0 N–H and O–H groups in total. The topological polar surface area (TPSA) is 35.0 Å². The maximum Gasteiger partial charge on any atom is 0.192 e. The third-order valence-corrected chi connectivity index (χ3v) is 9.86. The van der Waals surface area contributed by atoms with Gasteiger partial charge in [0.2, 0.25) is 0 Å². The summed E-state index contributed by atoms with van der Waals surface area (Å²) in [5, 5.41) is 9.55. The lowest BCUT2D eigenvalue weighted by Crippen LogP contribution is -2.53. The minimum absolute atomic E-state index is 0.0549. The van der Waals surface area contributed by atoms with Crippen LogP contribution in [-0.4, -0.2) is 24.1 Å². The van der Waals surface area contributed by atoms with Gasteiger partial charge in [0.15, 0.2) is 8.32 Å². The summed E-state index contributed by atoms with van der Waals surface area (Å²) in [5.41, 5.74) is 1.87. The molecule has 1 saturated carbocycles. The zero-order chi connectivity index (χ0) is 13.6. The Morgan fingerprint density at radius 1 is 1.39 bits per heavy atom. The summed E-state index contributed by atoms with van der Waals surface area (Å²) in [6, 6.07) is 0. The maximum absolute atomic E-state index is 6.55. The van der Waals surface area contributed by atoms with Gasteiger partial charge in [-0.1, -0.05) is 20.8 Å². The molecular formula is C13H24N2OSSi. The van der Waals surface area contributed by atoms with Crippen molar-refractivity contribution in [2.45, 2.75) is 70.2 Å². The Hall–Kier alpha value is -0.263. The summed E-state index contributed by atoms with van der Waals surface area (Å²) >= 11 is 1.66. The van der Waals surface area contributed by atoms with E-state index in [0.717, 1.165) is 12.8 Å². The highest BCUT2D eigenvalue weighted by Gasteiger charge is 2.49. The van der Waals surface area contributed by atoms with Crippen molar-refractivity contribution in [3.8, 4) is 0 Å². The maximum atomic E-state index is 6.55. The first-order valence-corrected chi connectivity index (χ1v) is 10.4. The molecule has 2 rings (SSSR count). The molecule has 1 aromatic rings. The van der Waals surface area contributed by atoms with E-state index in [1.54, 1.807) is 11.3 Å². The lowest BCUT2D eigenvalue weighted by Gasteiger charge is -2.51. The Morgan fingerprint density at radius 2 is 2.00 bits per heavy atom. The van der Waals surface area contributed by atoms with Crippen LogP contribution in [0.15, 0.2) is 5.51 Å². The standard InChI is InChI=1S/C13H24N2OSSi/c1-12(2,3)18(5,6)16-13(4)7-10(8-13)11-15-14-9-17-11/h9-10H,7-8H2,1-6H3/t10-,13+. The second kappa shape index (κ2) is 4.39. The molecule has 1 aromatic heterocycles. The minimum atomic E-state index is -1.66. The van der Waals surface area contributed by atoms with Crippen LogP contribution < -0.4 is 0 Å². The van der Waals surface area contributed by atoms with Crippen LogP contribution in [-0.2, 0) is 4.43 Å². The van der Waals surface area contributed by atoms with Gasteiger partial charge in [0.1, 0.15) is 10.5 Å². The van der Waals surface area contributed by atoms with Crippen molar-refractivity contribution in [1.29, 1.82) is 0 Å². The molecule has 0 atom stereocenters. The Labute approximate surface area is 115 Å². The van der Waals surface area contributed by atoms with Crippen LogP contribution in [0.4, 0.5) is 0 Å². The van der Waals surface area contributed by atoms with Crippen molar-refractivity contribution in [2.24, 2.45) is 0 Å². The summed E-state index contributed by atoms with van der Waals surface area (Å²) < 4.78 is 6.55. The number of hydrogen-bond donors (Lipinski definition) is 0. The molecule has 0 saturated heterocycles. The molecular weight excluding hydrogens is 260 g/mol. The van der Waals surface area contributed by atoms with E-state index in [-0.39, 0.29) is 10.6 Å². The van der Waals surface area contributed by atoms with Crippen LogP contribution in [0.3, 0.4) is 0 Å². The van der Waals surface area contributed by atoms with Crippen LogP contribution in [0, 0.1) is 0 Å². The largest absolute Gasteiger partial charge is 0.412 e. The summed E-state index contributed by atoms with van der Waals surface area (Å²) in [6.07, 6.45) is 2.18. The molecule has 1 heterocycles. The molecule has 5 heteroatoms. The second-order valence-corrected chi connectivity index (χ2v) is 12.8. The van der Waals surface area contributed by atoms with Crippen LogP contribution in [0.1, 0.15) is 51.5 Å². The van der Waals surface area contributed by atoms with Gasteiger partial charge >= 0.3 is 0 Å². The first-order valence-electron chi connectivity index (χ1n) is 6.59. The number of nitrogens with zero attached hydrogens (tertiary/aromatic N) is 2. The fourth-order valence-electron chi connectivity index (χ4n) is 2.37. The SMILES string of the molecule is CC(C)(C)[Si](C)(C)O[C@]1(C)C[C@H](c2nncs2)C1. The van der Waals surface area contributed by atoms with Crippen molar-refractivity contribution in [1.82, 2.24) is 10.2 Å². The molecule has 0 aliphatic heterocycles. The Morgan fingerprint density at radius 3 is 2.44 bits per heavy atom. The fourth-order valence-corrected chi connectivity index (χ4v) is 4.73. The fraction of sp³-hybridized carbons (Fsp3) is 0.846. The predicted molar refractivity (Wildman–Crippen MR) is 78.6 cm³/mol. The summed E-state index contributed by atoms with van der Waals surface area (Å²) in [4.78, 5) is 0. The Balaban J connectivity index is 1.97. The molecule has 0 radical (unpaired) electrons. The Bertz CT molecular complexity index is 405. The van der Waals surface area contributed by atoms with Crippen LogP contribution in [0.5, 0.6) is 0 Å². The first kappa shape index (κ1) is 14.2. The zero-order valence-electron chi connectivity index (χ0n) is 12.3. The van der Waals surface area contributed by atoms with Gasteiger partial charge in [0.05, 0.1) is 5.60 Å². The summed E-state index contributed by atoms with van der Waals surface area (Å²) in [5.74, 6) is 0.562. The average Bonchev–Trinajstić information content (AvgIpc) is 2.63. The summed E-state index contributed by atoms with van der Waals surface area (Å²) in [6.45, 7) is 13.8. The van der Waals surface area contributed by atoms with Crippen LogP contribution in [0.25, 0.3) is 0 Å². The monoisotopic (exact) mass is 284 g/mol. The van der Waals surface area contributed by atoms with Crippen molar-refractivity contribution in [3.63, 3.8) is 0 Å².